The van der Waals surface area contributed by atoms with Gasteiger partial charge in [-0.25, -0.2) is 4.79 Å². The van der Waals surface area contributed by atoms with Crippen LogP contribution in [0.5, 0.6) is 0 Å². The van der Waals surface area contributed by atoms with Crippen molar-refractivity contribution in [2.45, 2.75) is 12.6 Å². The van der Waals surface area contributed by atoms with Gasteiger partial charge in [-0.3, -0.25) is 4.90 Å². The Morgan fingerprint density at radius 2 is 1.93 bits per heavy atom. The number of rotatable bonds is 5. The molecule has 152 valence electrons. The predicted molar refractivity (Wildman–Crippen MR) is 118 cm³/mol. The van der Waals surface area contributed by atoms with Crippen molar-refractivity contribution in [3.8, 4) is 0 Å². The first-order valence-corrected chi connectivity index (χ1v) is 10.6. The van der Waals surface area contributed by atoms with Crippen LogP contribution < -0.4 is 4.90 Å². The Morgan fingerprint density at radius 1 is 1.17 bits per heavy atom. The van der Waals surface area contributed by atoms with Gasteiger partial charge in [-0.15, -0.1) is 0 Å². The largest absolute Gasteiger partial charge is 0.477 e. The molecule has 2 aromatic carbocycles. The molecule has 0 amide bonds. The van der Waals surface area contributed by atoms with Gasteiger partial charge < -0.3 is 20.1 Å². The van der Waals surface area contributed by atoms with E-state index in [0.717, 1.165) is 28.6 Å². The van der Waals surface area contributed by atoms with Crippen molar-refractivity contribution in [3.05, 3.63) is 63.2 Å². The third-order valence-corrected chi connectivity index (χ3v) is 6.11. The lowest BCUT2D eigenvalue weighted by Gasteiger charge is -2.38. The summed E-state index contributed by atoms with van der Waals surface area (Å²) in [5.74, 6) is -1.04. The molecule has 6 nitrogen and oxygen atoms in total. The summed E-state index contributed by atoms with van der Waals surface area (Å²) in [6.07, 6.45) is -0.547. The number of aromatic nitrogens is 1. The van der Waals surface area contributed by atoms with E-state index in [9.17, 15) is 15.0 Å². The van der Waals surface area contributed by atoms with Crippen LogP contribution in [0.2, 0.25) is 5.02 Å². The van der Waals surface area contributed by atoms with Crippen LogP contribution in [0, 0.1) is 0 Å². The predicted octanol–water partition coefficient (Wildman–Crippen LogP) is 3.97. The molecule has 2 heterocycles. The Bertz CT molecular complexity index is 1050. The van der Waals surface area contributed by atoms with Gasteiger partial charge >= 0.3 is 5.97 Å². The van der Waals surface area contributed by atoms with Crippen LogP contribution in [0.25, 0.3) is 10.9 Å². The molecular formula is C21H21BrClN3O3. The van der Waals surface area contributed by atoms with Gasteiger partial charge in [-0.1, -0.05) is 33.6 Å². The molecule has 0 aliphatic carbocycles. The quantitative estimate of drug-likeness (QED) is 0.517. The molecule has 0 bridgehead atoms. The number of carboxylic acid groups (broad SMARTS) is 1. The summed E-state index contributed by atoms with van der Waals surface area (Å²) in [6.45, 7) is 2.97. The fourth-order valence-electron chi connectivity index (χ4n) is 3.88. The minimum absolute atomic E-state index is 0.106. The Hall–Kier alpha value is -2.06. The summed E-state index contributed by atoms with van der Waals surface area (Å²) in [5, 5.41) is 21.7. The molecule has 0 radical (unpaired) electrons. The number of hydrogen-bond donors (Lipinski definition) is 3. The number of aliphatic hydroxyl groups excluding tert-OH is 1. The smallest absolute Gasteiger partial charge is 0.352 e. The zero-order chi connectivity index (χ0) is 20.5. The molecule has 1 aliphatic rings. The number of aromatic carboxylic acids is 1. The lowest BCUT2D eigenvalue weighted by Crippen LogP contribution is -2.51. The highest BCUT2D eigenvalue weighted by Gasteiger charge is 2.26. The van der Waals surface area contributed by atoms with Crippen LogP contribution in [-0.4, -0.2) is 58.5 Å². The van der Waals surface area contributed by atoms with Crippen molar-refractivity contribution in [1.29, 1.82) is 0 Å². The number of aromatic amines is 1. The Morgan fingerprint density at radius 3 is 2.62 bits per heavy atom. The number of benzene rings is 2. The fraction of sp³-hybridized carbons (Fsp3) is 0.286. The van der Waals surface area contributed by atoms with Crippen molar-refractivity contribution in [1.82, 2.24) is 9.88 Å². The zero-order valence-corrected chi connectivity index (χ0v) is 17.9. The second-order valence-corrected chi connectivity index (χ2v) is 8.51. The van der Waals surface area contributed by atoms with Crippen LogP contribution in [0.4, 0.5) is 5.69 Å². The van der Waals surface area contributed by atoms with Crippen LogP contribution in [0.1, 0.15) is 16.1 Å². The van der Waals surface area contributed by atoms with E-state index < -0.39 is 12.2 Å². The molecule has 0 saturated carbocycles. The van der Waals surface area contributed by atoms with Crippen LogP contribution >= 0.6 is 27.5 Å². The Labute approximate surface area is 181 Å². The summed E-state index contributed by atoms with van der Waals surface area (Å²) >= 11 is 9.61. The number of halogens is 2. The van der Waals surface area contributed by atoms with Crippen LogP contribution in [-0.2, 0) is 6.42 Å². The van der Waals surface area contributed by atoms with Gasteiger partial charge in [0.25, 0.3) is 0 Å². The summed E-state index contributed by atoms with van der Waals surface area (Å²) in [6, 6.07) is 13.4. The lowest BCUT2D eigenvalue weighted by atomic mass is 10.1. The van der Waals surface area contributed by atoms with E-state index in [1.54, 1.807) is 18.2 Å². The highest BCUT2D eigenvalue weighted by molar-refractivity contribution is 9.10. The molecule has 1 aliphatic heterocycles. The highest BCUT2D eigenvalue weighted by Crippen LogP contribution is 2.28. The number of aliphatic hydroxyl groups is 1. The van der Waals surface area contributed by atoms with Crippen LogP contribution in [0.3, 0.4) is 0 Å². The van der Waals surface area contributed by atoms with Crippen molar-refractivity contribution < 1.29 is 15.0 Å². The molecule has 1 fully saturated rings. The molecule has 1 atom stereocenters. The molecule has 1 aromatic heterocycles. The van der Waals surface area contributed by atoms with Gasteiger partial charge in [0.15, 0.2) is 0 Å². The molecule has 3 aromatic rings. The summed E-state index contributed by atoms with van der Waals surface area (Å²) in [4.78, 5) is 18.9. The van der Waals surface area contributed by atoms with Gasteiger partial charge in [-0.05, 0) is 42.0 Å². The lowest BCUT2D eigenvalue weighted by molar-refractivity contribution is 0.00117. The first kappa shape index (κ1) is 20.2. The number of fused-ring (bicyclic) bond motifs is 1. The molecular weight excluding hydrogens is 458 g/mol. The first-order chi connectivity index (χ1) is 13.9. The monoisotopic (exact) mass is 477 g/mol. The molecule has 3 N–H and O–H groups in total. The number of carbonyl (C=O) groups is 1. The third kappa shape index (κ3) is 4.28. The standard InChI is InChI=1S/C21H21BrClN3O3/c22-13-2-1-3-15(10-13)25-6-8-26(9-7-25)19(27)12-17-16-11-14(23)4-5-18(16)24-20(17)21(28)29/h1-5,10-11,19,24,27H,6-9,12H2,(H,28,29). The van der Waals surface area contributed by atoms with E-state index in [1.165, 1.54) is 0 Å². The summed E-state index contributed by atoms with van der Waals surface area (Å²) in [5.41, 5.74) is 2.53. The molecule has 4 rings (SSSR count). The fourth-order valence-corrected chi connectivity index (χ4v) is 4.44. The SMILES string of the molecule is O=C(O)c1[nH]c2ccc(Cl)cc2c1CC(O)N1CCN(c2cccc(Br)c2)CC1. The van der Waals surface area contributed by atoms with E-state index in [4.69, 9.17) is 11.6 Å². The summed E-state index contributed by atoms with van der Waals surface area (Å²) < 4.78 is 1.04. The van der Waals surface area contributed by atoms with E-state index >= 15 is 0 Å². The van der Waals surface area contributed by atoms with E-state index in [2.05, 4.69) is 37.9 Å². The van der Waals surface area contributed by atoms with Crippen molar-refractivity contribution in [2.75, 3.05) is 31.1 Å². The van der Waals surface area contributed by atoms with Crippen LogP contribution in [0.15, 0.2) is 46.9 Å². The van der Waals surface area contributed by atoms with Gasteiger partial charge in [0, 0.05) is 58.7 Å². The molecule has 1 saturated heterocycles. The van der Waals surface area contributed by atoms with Gasteiger partial charge in [0.2, 0.25) is 0 Å². The molecule has 29 heavy (non-hydrogen) atoms. The molecule has 1 unspecified atom stereocenters. The molecule has 0 spiro atoms. The second kappa shape index (κ2) is 8.36. The van der Waals surface area contributed by atoms with E-state index in [1.807, 2.05) is 17.0 Å². The minimum Gasteiger partial charge on any atom is -0.477 e. The number of piperazine rings is 1. The van der Waals surface area contributed by atoms with Crippen molar-refractivity contribution >= 4 is 50.1 Å². The number of carboxylic acids is 1. The van der Waals surface area contributed by atoms with Gasteiger partial charge in [0.1, 0.15) is 11.9 Å². The average molecular weight is 479 g/mol. The maximum atomic E-state index is 11.7. The first-order valence-electron chi connectivity index (χ1n) is 9.38. The average Bonchev–Trinajstić information content (AvgIpc) is 3.06. The van der Waals surface area contributed by atoms with Gasteiger partial charge in [-0.2, -0.15) is 0 Å². The topological polar surface area (TPSA) is 79.8 Å². The third-order valence-electron chi connectivity index (χ3n) is 5.38. The van der Waals surface area contributed by atoms with E-state index in [0.29, 0.717) is 29.2 Å². The second-order valence-electron chi connectivity index (χ2n) is 7.16. The zero-order valence-electron chi connectivity index (χ0n) is 15.6. The highest BCUT2D eigenvalue weighted by atomic mass is 79.9. The number of anilines is 1. The van der Waals surface area contributed by atoms with Crippen molar-refractivity contribution in [2.24, 2.45) is 0 Å². The number of nitrogens with zero attached hydrogens (tertiary/aromatic N) is 2. The maximum Gasteiger partial charge on any atom is 0.352 e. The maximum absolute atomic E-state index is 11.7. The Kier molecular flexibility index (Phi) is 5.83. The summed E-state index contributed by atoms with van der Waals surface area (Å²) in [7, 11) is 0. The normalized spacial score (nSPS) is 16.3. The van der Waals surface area contributed by atoms with E-state index in [-0.39, 0.29) is 12.1 Å². The number of nitrogens with one attached hydrogen (secondary N) is 1. The number of H-pyrrole nitrogens is 1. The molecule has 8 heteroatoms. The van der Waals surface area contributed by atoms with Crippen molar-refractivity contribution in [3.63, 3.8) is 0 Å². The number of hydrogen-bond acceptors (Lipinski definition) is 4. The Balaban J connectivity index is 1.49. The van der Waals surface area contributed by atoms with Gasteiger partial charge in [0.05, 0.1) is 0 Å². The minimum atomic E-state index is -1.04.